The average Bonchev–Trinajstić information content (AvgIpc) is 2.67. The van der Waals surface area contributed by atoms with E-state index in [1.807, 2.05) is 0 Å². The van der Waals surface area contributed by atoms with Crippen LogP contribution in [0.3, 0.4) is 0 Å². The fourth-order valence-corrected chi connectivity index (χ4v) is 1.85. The van der Waals surface area contributed by atoms with E-state index in [1.54, 1.807) is 0 Å². The predicted octanol–water partition coefficient (Wildman–Crippen LogP) is 0.240. The topological polar surface area (TPSA) is 81.2 Å². The molecular formula is C9H13N3O2. The Labute approximate surface area is 81.6 Å². The molecule has 2 heterocycles. The highest BCUT2D eigenvalue weighted by Gasteiger charge is 2.23. The number of hydrogen-bond acceptors (Lipinski definition) is 4. The van der Waals surface area contributed by atoms with E-state index in [-0.39, 0.29) is 5.69 Å². The number of nitrogens with zero attached hydrogens (tertiary/aromatic N) is 1. The number of piperidine rings is 1. The van der Waals surface area contributed by atoms with Crippen LogP contribution >= 0.6 is 0 Å². The van der Waals surface area contributed by atoms with Gasteiger partial charge in [-0.2, -0.15) is 0 Å². The molecule has 2 rings (SSSR count). The van der Waals surface area contributed by atoms with E-state index in [9.17, 15) is 4.79 Å². The second kappa shape index (κ2) is 3.79. The van der Waals surface area contributed by atoms with Crippen molar-refractivity contribution in [3.05, 3.63) is 17.5 Å². The molecule has 5 heteroatoms. The molecule has 1 fully saturated rings. The number of hydrogen-bond donors (Lipinski definition) is 2. The van der Waals surface area contributed by atoms with Crippen molar-refractivity contribution in [3.8, 4) is 0 Å². The maximum Gasteiger partial charge on any atom is 0.271 e. The highest BCUT2D eigenvalue weighted by atomic mass is 16.5. The molecule has 0 bridgehead atoms. The van der Waals surface area contributed by atoms with Crippen LogP contribution in [-0.4, -0.2) is 24.2 Å². The van der Waals surface area contributed by atoms with Gasteiger partial charge in [0, 0.05) is 5.56 Å². The van der Waals surface area contributed by atoms with Crippen LogP contribution in [0.2, 0.25) is 0 Å². The molecule has 5 nitrogen and oxygen atoms in total. The fraction of sp³-hybridized carbons (Fsp3) is 0.556. The highest BCUT2D eigenvalue weighted by Crippen LogP contribution is 2.27. The van der Waals surface area contributed by atoms with Gasteiger partial charge in [-0.05, 0) is 31.8 Å². The summed E-state index contributed by atoms with van der Waals surface area (Å²) < 4.78 is 4.79. The minimum absolute atomic E-state index is 0.289. The molecule has 1 amide bonds. The summed E-state index contributed by atoms with van der Waals surface area (Å²) in [6.07, 6.45) is 3.54. The zero-order chi connectivity index (χ0) is 9.97. The molecule has 1 aromatic rings. The van der Waals surface area contributed by atoms with E-state index in [0.29, 0.717) is 5.92 Å². The molecule has 0 unspecified atom stereocenters. The van der Waals surface area contributed by atoms with E-state index in [2.05, 4.69) is 10.5 Å². The van der Waals surface area contributed by atoms with E-state index >= 15 is 0 Å². The van der Waals surface area contributed by atoms with Gasteiger partial charge in [0.05, 0.1) is 0 Å². The first kappa shape index (κ1) is 9.21. The van der Waals surface area contributed by atoms with Gasteiger partial charge in [0.2, 0.25) is 0 Å². The van der Waals surface area contributed by atoms with Crippen LogP contribution in [-0.2, 0) is 0 Å². The summed E-state index contributed by atoms with van der Waals surface area (Å²) in [5.74, 6) is -0.155. The molecule has 0 aliphatic carbocycles. The molecule has 0 spiro atoms. The van der Waals surface area contributed by atoms with Crippen molar-refractivity contribution < 1.29 is 9.32 Å². The number of aromatic nitrogens is 1. The Morgan fingerprint density at radius 1 is 1.57 bits per heavy atom. The average molecular weight is 195 g/mol. The molecule has 76 valence electrons. The van der Waals surface area contributed by atoms with Crippen molar-refractivity contribution in [1.29, 1.82) is 0 Å². The second-order valence-corrected chi connectivity index (χ2v) is 3.51. The number of nitrogens with two attached hydrogens (primary N) is 1. The predicted molar refractivity (Wildman–Crippen MR) is 49.9 cm³/mol. The molecule has 0 aromatic carbocycles. The van der Waals surface area contributed by atoms with Crippen LogP contribution in [0.25, 0.3) is 0 Å². The van der Waals surface area contributed by atoms with Gasteiger partial charge in [-0.1, -0.05) is 5.16 Å². The summed E-state index contributed by atoms with van der Waals surface area (Å²) in [5.41, 5.74) is 6.34. The third-order valence-electron chi connectivity index (χ3n) is 2.61. The van der Waals surface area contributed by atoms with Crippen LogP contribution in [0.1, 0.15) is 34.8 Å². The Morgan fingerprint density at radius 2 is 2.29 bits per heavy atom. The number of carbonyl (C=O) groups is 1. The lowest BCUT2D eigenvalue weighted by Gasteiger charge is -2.21. The molecule has 1 aliphatic heterocycles. The van der Waals surface area contributed by atoms with Gasteiger partial charge in [-0.25, -0.2) is 0 Å². The van der Waals surface area contributed by atoms with Crippen molar-refractivity contribution in [1.82, 2.24) is 10.5 Å². The second-order valence-electron chi connectivity index (χ2n) is 3.51. The van der Waals surface area contributed by atoms with E-state index in [0.717, 1.165) is 31.5 Å². The Hall–Kier alpha value is -1.36. The number of primary amides is 1. The number of amides is 1. The molecule has 1 aliphatic rings. The zero-order valence-electron chi connectivity index (χ0n) is 7.82. The first-order valence-corrected chi connectivity index (χ1v) is 4.74. The standard InChI is InChI=1S/C9H13N3O2/c10-9(13)8-7(5-14-12-8)6-1-3-11-4-2-6/h5-6,11H,1-4H2,(H2,10,13). The largest absolute Gasteiger partial charge is 0.364 e. The quantitative estimate of drug-likeness (QED) is 0.708. The SMILES string of the molecule is NC(=O)c1nocc1C1CCNCC1. The molecule has 3 N–H and O–H groups in total. The molecule has 1 saturated heterocycles. The van der Waals surface area contributed by atoms with E-state index in [4.69, 9.17) is 10.3 Å². The van der Waals surface area contributed by atoms with Crippen LogP contribution < -0.4 is 11.1 Å². The first-order chi connectivity index (χ1) is 6.79. The number of rotatable bonds is 2. The molecule has 0 radical (unpaired) electrons. The third-order valence-corrected chi connectivity index (χ3v) is 2.61. The van der Waals surface area contributed by atoms with Crippen molar-refractivity contribution in [2.45, 2.75) is 18.8 Å². The Bertz CT molecular complexity index is 329. The van der Waals surface area contributed by atoms with Crippen molar-refractivity contribution >= 4 is 5.91 Å². The first-order valence-electron chi connectivity index (χ1n) is 4.74. The molecule has 14 heavy (non-hydrogen) atoms. The third kappa shape index (κ3) is 1.63. The molecule has 0 atom stereocenters. The van der Waals surface area contributed by atoms with Crippen LogP contribution in [0.5, 0.6) is 0 Å². The minimum Gasteiger partial charge on any atom is -0.364 e. The Balaban J connectivity index is 2.21. The summed E-state index contributed by atoms with van der Waals surface area (Å²) in [6, 6.07) is 0. The van der Waals surface area contributed by atoms with Crippen LogP contribution in [0.15, 0.2) is 10.8 Å². The van der Waals surface area contributed by atoms with Gasteiger partial charge in [-0.15, -0.1) is 0 Å². The van der Waals surface area contributed by atoms with Gasteiger partial charge < -0.3 is 15.6 Å². The smallest absolute Gasteiger partial charge is 0.271 e. The Kier molecular flexibility index (Phi) is 2.49. The zero-order valence-corrected chi connectivity index (χ0v) is 7.82. The van der Waals surface area contributed by atoms with Crippen molar-refractivity contribution in [2.75, 3.05) is 13.1 Å². The molecule has 0 saturated carbocycles. The van der Waals surface area contributed by atoms with Crippen LogP contribution in [0, 0.1) is 0 Å². The lowest BCUT2D eigenvalue weighted by atomic mass is 9.90. The van der Waals surface area contributed by atoms with Gasteiger partial charge in [0.15, 0.2) is 5.69 Å². The lowest BCUT2D eigenvalue weighted by molar-refractivity contribution is 0.0990. The fourth-order valence-electron chi connectivity index (χ4n) is 1.85. The normalized spacial score (nSPS) is 18.3. The number of carbonyl (C=O) groups excluding carboxylic acids is 1. The summed E-state index contributed by atoms with van der Waals surface area (Å²) in [6.45, 7) is 1.93. The van der Waals surface area contributed by atoms with Crippen LogP contribution in [0.4, 0.5) is 0 Å². The lowest BCUT2D eigenvalue weighted by Crippen LogP contribution is -2.27. The summed E-state index contributed by atoms with van der Waals surface area (Å²) in [7, 11) is 0. The van der Waals surface area contributed by atoms with E-state index < -0.39 is 5.91 Å². The van der Waals surface area contributed by atoms with Gasteiger partial charge >= 0.3 is 0 Å². The van der Waals surface area contributed by atoms with Gasteiger partial charge in [0.1, 0.15) is 6.26 Å². The summed E-state index contributed by atoms with van der Waals surface area (Å²) >= 11 is 0. The van der Waals surface area contributed by atoms with E-state index in [1.165, 1.54) is 6.26 Å². The summed E-state index contributed by atoms with van der Waals surface area (Å²) in [5, 5.41) is 6.88. The highest BCUT2D eigenvalue weighted by molar-refractivity contribution is 5.92. The van der Waals surface area contributed by atoms with Gasteiger partial charge in [0.25, 0.3) is 5.91 Å². The van der Waals surface area contributed by atoms with Crippen molar-refractivity contribution in [2.24, 2.45) is 5.73 Å². The monoisotopic (exact) mass is 195 g/mol. The van der Waals surface area contributed by atoms with Gasteiger partial charge in [-0.3, -0.25) is 4.79 Å². The molecule has 1 aromatic heterocycles. The summed E-state index contributed by atoms with van der Waals surface area (Å²) in [4.78, 5) is 11.0. The maximum atomic E-state index is 11.0. The molecular weight excluding hydrogens is 182 g/mol. The maximum absolute atomic E-state index is 11.0. The number of nitrogens with one attached hydrogen (secondary N) is 1. The Morgan fingerprint density at radius 3 is 2.93 bits per heavy atom. The minimum atomic E-state index is -0.507. The van der Waals surface area contributed by atoms with Crippen molar-refractivity contribution in [3.63, 3.8) is 0 Å².